The monoisotopic (exact) mass is 1350 g/mol. The Hall–Kier alpha value is -9.76. The van der Waals surface area contributed by atoms with E-state index in [1.165, 1.54) is 24.3 Å². The van der Waals surface area contributed by atoms with Gasteiger partial charge in [0.15, 0.2) is 5.78 Å². The van der Waals surface area contributed by atoms with Crippen LogP contribution in [0.2, 0.25) is 0 Å². The molecule has 5 heterocycles. The van der Waals surface area contributed by atoms with Crippen molar-refractivity contribution in [2.24, 2.45) is 0 Å². The number of halogens is 5. The lowest BCUT2D eigenvalue weighted by molar-refractivity contribution is 0.0989. The average Bonchev–Trinajstić information content (AvgIpc) is 2.37. The van der Waals surface area contributed by atoms with Crippen molar-refractivity contribution in [2.75, 3.05) is 22.9 Å². The Bertz CT molecular complexity index is 4280. The summed E-state index contributed by atoms with van der Waals surface area (Å²) >= 11 is 9.96. The molecule has 0 unspecified atom stereocenters. The van der Waals surface area contributed by atoms with Crippen molar-refractivity contribution < 1.29 is 13.6 Å². The molecule has 18 nitrogen and oxygen atoms in total. The number of hydrogen-bond donors (Lipinski definition) is 4. The van der Waals surface area contributed by atoms with E-state index < -0.39 is 0 Å². The third-order valence-electron chi connectivity index (χ3n) is 13.1. The number of Topliss-reactive ketones (excluding diaryl/α,β-unsaturated/α-hetero) is 1. The highest BCUT2D eigenvalue weighted by atomic mass is 79.9. The third kappa shape index (κ3) is 16.2. The van der Waals surface area contributed by atoms with Crippen molar-refractivity contribution in [3.63, 3.8) is 0 Å². The smallest absolute Gasteiger partial charge is 0.240 e. The van der Waals surface area contributed by atoms with E-state index in [4.69, 9.17) is 28.2 Å². The molecular formula is C64H54Br3F2N17O. The standard InChI is InChI=1S/2C19H15FN6.C10H9BrN2.C9H10BrNO.C7H5BrN2/c2*1-2-15-14-9-12(5-8-16(14)23-10-22-15)18-17(24-19(21)26-25-18)11-3-6-13(20)7-4-11;1-2-9-8-5-7(11)3-4-10(8)13-6-12-9;1-2-9(12)7-5-6(10)3-4-8(7)11;8-6-1-2-7(10)5(3-6)4-9/h2*3-10H,2H2,1H3,(H2,21,24,26);3-6H,2H2,1H3;3-5H,2,11H2,1H3;1-3H,10H2. The SMILES string of the molecule is CCC(=O)c1cc(Br)ccc1N.CCc1ncnc2ccc(-c3nnc(N)nc3-c3ccc(F)cc3)cc12.CCc1ncnc2ccc(-c3nnc(N)nc3-c3ccc(F)cc3)cc12.CCc1ncnc2ccc(Br)cc12.N#Cc1cc(Br)ccc1N. The number of aryl methyl sites for hydroxylation is 3. The van der Waals surface area contributed by atoms with Crippen LogP contribution in [0.25, 0.3) is 77.7 Å². The van der Waals surface area contributed by atoms with E-state index in [1.54, 1.807) is 73.6 Å². The highest BCUT2D eigenvalue weighted by molar-refractivity contribution is 9.11. The van der Waals surface area contributed by atoms with Crippen molar-refractivity contribution >= 4 is 110 Å². The van der Waals surface area contributed by atoms with Crippen LogP contribution in [-0.2, 0) is 19.3 Å². The van der Waals surface area contributed by atoms with Gasteiger partial charge in [0.1, 0.15) is 59.5 Å². The van der Waals surface area contributed by atoms with Crippen molar-refractivity contribution in [2.45, 2.75) is 53.4 Å². The average molecular weight is 1350 g/mol. The first-order valence-electron chi connectivity index (χ1n) is 26.9. The van der Waals surface area contributed by atoms with Gasteiger partial charge >= 0.3 is 0 Å². The molecule has 0 spiro atoms. The Labute approximate surface area is 524 Å². The van der Waals surface area contributed by atoms with Crippen LogP contribution in [-0.4, -0.2) is 66.0 Å². The van der Waals surface area contributed by atoms with Gasteiger partial charge in [-0.2, -0.15) is 5.26 Å². The Morgan fingerprint density at radius 2 is 0.828 bits per heavy atom. The minimum absolute atomic E-state index is 0.0615. The summed E-state index contributed by atoms with van der Waals surface area (Å²) < 4.78 is 29.4. The molecule has 87 heavy (non-hydrogen) atoms. The first kappa shape index (κ1) is 63.3. The number of nitrogens with two attached hydrogens (primary N) is 4. The number of rotatable bonds is 9. The zero-order chi connectivity index (χ0) is 62.1. The summed E-state index contributed by atoms with van der Waals surface area (Å²) in [4.78, 5) is 45.7. The van der Waals surface area contributed by atoms with E-state index in [0.29, 0.717) is 62.8 Å². The Balaban J connectivity index is 0.000000149. The van der Waals surface area contributed by atoms with Gasteiger partial charge in [-0.25, -0.2) is 48.7 Å². The predicted molar refractivity (Wildman–Crippen MR) is 348 cm³/mol. The van der Waals surface area contributed by atoms with E-state index >= 15 is 0 Å². The van der Waals surface area contributed by atoms with Gasteiger partial charge < -0.3 is 22.9 Å². The highest BCUT2D eigenvalue weighted by Gasteiger charge is 2.17. The fourth-order valence-corrected chi connectivity index (χ4v) is 9.80. The molecule has 0 aliphatic carbocycles. The van der Waals surface area contributed by atoms with Crippen molar-refractivity contribution in [1.82, 2.24) is 60.3 Å². The van der Waals surface area contributed by atoms with Gasteiger partial charge in [-0.15, -0.1) is 20.4 Å². The molecule has 436 valence electrons. The van der Waals surface area contributed by atoms with Gasteiger partial charge in [-0.3, -0.25) is 4.79 Å². The summed E-state index contributed by atoms with van der Waals surface area (Å²) in [5.41, 5.74) is 35.8. The maximum absolute atomic E-state index is 13.3. The summed E-state index contributed by atoms with van der Waals surface area (Å²) in [6.45, 7) is 8.01. The largest absolute Gasteiger partial charge is 0.398 e. The molecule has 5 aromatic heterocycles. The summed E-state index contributed by atoms with van der Waals surface area (Å²) in [6, 6.07) is 42.2. The first-order chi connectivity index (χ1) is 42.0. The van der Waals surface area contributed by atoms with Crippen LogP contribution in [0, 0.1) is 23.0 Å². The topological polar surface area (TPSA) is 300 Å². The minimum Gasteiger partial charge on any atom is -0.398 e. The molecule has 12 rings (SSSR count). The second kappa shape index (κ2) is 29.9. The number of carbonyl (C=O) groups is 1. The van der Waals surface area contributed by atoms with Gasteiger partial charge in [-0.1, -0.05) is 87.6 Å². The molecule has 0 fully saturated rings. The number of nitrogen functional groups attached to an aromatic ring is 4. The van der Waals surface area contributed by atoms with E-state index in [9.17, 15) is 13.6 Å². The lowest BCUT2D eigenvalue weighted by atomic mass is 10.0. The van der Waals surface area contributed by atoms with Gasteiger partial charge in [0.05, 0.1) is 39.2 Å². The zero-order valence-electron chi connectivity index (χ0n) is 47.3. The van der Waals surface area contributed by atoms with Gasteiger partial charge in [0, 0.05) is 75.2 Å². The van der Waals surface area contributed by atoms with E-state index in [1.807, 2.05) is 81.4 Å². The lowest BCUT2D eigenvalue weighted by Crippen LogP contribution is -2.02. The maximum atomic E-state index is 13.3. The number of aromatic nitrogens is 12. The second-order valence-corrected chi connectivity index (χ2v) is 21.5. The summed E-state index contributed by atoms with van der Waals surface area (Å²) in [5, 5.41) is 27.8. The van der Waals surface area contributed by atoms with E-state index in [0.717, 1.165) is 93.6 Å². The summed E-state index contributed by atoms with van der Waals surface area (Å²) in [5.74, 6) is -0.437. The molecule has 12 aromatic rings. The number of hydrogen-bond acceptors (Lipinski definition) is 18. The number of carbonyl (C=O) groups excluding carboxylic acids is 1. The lowest BCUT2D eigenvalue weighted by Gasteiger charge is -2.10. The molecule has 23 heteroatoms. The molecule has 0 bridgehead atoms. The predicted octanol–water partition coefficient (Wildman–Crippen LogP) is 14.3. The molecule has 8 N–H and O–H groups in total. The maximum Gasteiger partial charge on any atom is 0.240 e. The second-order valence-electron chi connectivity index (χ2n) is 18.7. The Kier molecular flexibility index (Phi) is 21.7. The molecule has 0 aliphatic rings. The molecule has 0 amide bonds. The zero-order valence-corrected chi connectivity index (χ0v) is 52.0. The Morgan fingerprint density at radius 1 is 0.448 bits per heavy atom. The molecule has 0 radical (unpaired) electrons. The normalized spacial score (nSPS) is 10.5. The van der Waals surface area contributed by atoms with Crippen molar-refractivity contribution in [3.05, 3.63) is 212 Å². The van der Waals surface area contributed by atoms with E-state index in [2.05, 4.69) is 121 Å². The molecule has 0 saturated carbocycles. The quantitative estimate of drug-likeness (QED) is 0.0771. The Morgan fingerprint density at radius 3 is 1.24 bits per heavy atom. The molecule has 0 aliphatic heterocycles. The van der Waals surface area contributed by atoms with Crippen molar-refractivity contribution in [1.29, 1.82) is 5.26 Å². The molecule has 0 atom stereocenters. The number of fused-ring (bicyclic) bond motifs is 3. The van der Waals surface area contributed by atoms with Crippen LogP contribution >= 0.6 is 47.8 Å². The van der Waals surface area contributed by atoms with E-state index in [-0.39, 0.29) is 29.3 Å². The molecular weight excluding hydrogens is 1300 g/mol. The fraction of sp³-hybridized carbons (Fsp3) is 0.125. The number of benzene rings is 7. The van der Waals surface area contributed by atoms with Gasteiger partial charge in [0.2, 0.25) is 11.9 Å². The van der Waals surface area contributed by atoms with Gasteiger partial charge in [-0.05, 0) is 147 Å². The molecule has 7 aromatic carbocycles. The van der Waals surface area contributed by atoms with Crippen molar-refractivity contribution in [3.8, 4) is 51.1 Å². The number of nitrogens with zero attached hydrogens (tertiary/aromatic N) is 13. The minimum atomic E-state index is -0.319. The van der Waals surface area contributed by atoms with Crippen LogP contribution in [0.1, 0.15) is 67.1 Å². The number of ketones is 1. The first-order valence-corrected chi connectivity index (χ1v) is 29.3. The van der Waals surface area contributed by atoms with Crippen LogP contribution in [0.15, 0.2) is 172 Å². The van der Waals surface area contributed by atoms with Crippen LogP contribution in [0.4, 0.5) is 32.1 Å². The summed E-state index contributed by atoms with van der Waals surface area (Å²) in [6.07, 6.45) is 7.76. The van der Waals surface area contributed by atoms with Gasteiger partial charge in [0.25, 0.3) is 0 Å². The van der Waals surface area contributed by atoms with Crippen LogP contribution in [0.3, 0.4) is 0 Å². The highest BCUT2D eigenvalue weighted by Crippen LogP contribution is 2.33. The fourth-order valence-electron chi connectivity index (χ4n) is 8.71. The third-order valence-corrected chi connectivity index (χ3v) is 14.6. The van der Waals surface area contributed by atoms with Crippen LogP contribution in [0.5, 0.6) is 0 Å². The summed E-state index contributed by atoms with van der Waals surface area (Å²) in [7, 11) is 0. The number of nitriles is 1. The van der Waals surface area contributed by atoms with Crippen LogP contribution < -0.4 is 22.9 Å². The number of anilines is 4. The molecule has 0 saturated heterocycles.